The lowest BCUT2D eigenvalue weighted by atomic mass is 9.80. The Balaban J connectivity index is 1.23. The molecule has 0 aliphatic heterocycles. The smallest absolute Gasteiger partial charge is 0.0159 e. The highest BCUT2D eigenvalue weighted by Crippen LogP contribution is 2.52. The summed E-state index contributed by atoms with van der Waals surface area (Å²) in [5.41, 5.74) is 15.4. The molecule has 258 valence electrons. The molecule has 0 unspecified atom stereocenters. The van der Waals surface area contributed by atoms with Crippen LogP contribution in [0.1, 0.15) is 25.0 Å². The van der Waals surface area contributed by atoms with Crippen LogP contribution in [0.25, 0.3) is 98.7 Å². The average molecular weight is 699 g/mol. The van der Waals surface area contributed by atoms with Crippen LogP contribution in [-0.2, 0) is 5.41 Å². The van der Waals surface area contributed by atoms with Crippen LogP contribution >= 0.6 is 0 Å². The van der Waals surface area contributed by atoms with Gasteiger partial charge in [0.2, 0.25) is 0 Å². The largest absolute Gasteiger partial charge is 0.0619 e. The van der Waals surface area contributed by atoms with Crippen LogP contribution in [0.15, 0.2) is 194 Å². The van der Waals surface area contributed by atoms with E-state index in [-0.39, 0.29) is 5.41 Å². The minimum Gasteiger partial charge on any atom is -0.0619 e. The van der Waals surface area contributed by atoms with Crippen LogP contribution in [0.2, 0.25) is 0 Å². The first-order valence-corrected chi connectivity index (χ1v) is 19.3. The van der Waals surface area contributed by atoms with Gasteiger partial charge in [0, 0.05) is 5.41 Å². The fourth-order valence-electron chi connectivity index (χ4n) is 9.59. The zero-order valence-corrected chi connectivity index (χ0v) is 31.0. The standard InChI is InChI=1S/C55H38/c1-55(2)51-25-12-11-20-44(51)45-30-29-40(34-52(45)55)53-47-22-9-10-23-48(47)54(46-21-8-7-19-43(46)38-27-26-35-14-3-4-16-37(35)32-38)49-31-28-39(33-50(49)53)42-24-13-17-36-15-5-6-18-41(36)42/h3-34H,1-2H3. The first kappa shape index (κ1) is 31.7. The minimum absolute atomic E-state index is 0.0968. The molecule has 0 bridgehead atoms. The van der Waals surface area contributed by atoms with Gasteiger partial charge in [-0.2, -0.15) is 0 Å². The molecular formula is C55H38. The second-order valence-electron chi connectivity index (χ2n) is 15.6. The van der Waals surface area contributed by atoms with Gasteiger partial charge in [0.1, 0.15) is 0 Å². The van der Waals surface area contributed by atoms with E-state index in [0.717, 1.165) is 0 Å². The molecule has 10 aromatic carbocycles. The number of rotatable bonds is 4. The van der Waals surface area contributed by atoms with Gasteiger partial charge in [0.05, 0.1) is 0 Å². The van der Waals surface area contributed by atoms with Crippen molar-refractivity contribution >= 4 is 43.1 Å². The van der Waals surface area contributed by atoms with Crippen LogP contribution in [0.4, 0.5) is 0 Å². The van der Waals surface area contributed by atoms with Crippen molar-refractivity contribution in [2.24, 2.45) is 0 Å². The molecule has 0 saturated heterocycles. The highest BCUT2D eigenvalue weighted by atomic mass is 14.4. The molecule has 0 saturated carbocycles. The minimum atomic E-state index is -0.0968. The molecule has 10 aromatic rings. The van der Waals surface area contributed by atoms with E-state index >= 15 is 0 Å². The Morgan fingerprint density at radius 3 is 1.65 bits per heavy atom. The second-order valence-corrected chi connectivity index (χ2v) is 15.6. The maximum Gasteiger partial charge on any atom is 0.0159 e. The zero-order valence-electron chi connectivity index (χ0n) is 31.0. The van der Waals surface area contributed by atoms with Gasteiger partial charge < -0.3 is 0 Å². The Hall–Kier alpha value is -6.76. The molecule has 0 heterocycles. The van der Waals surface area contributed by atoms with Gasteiger partial charge in [-0.15, -0.1) is 0 Å². The third-order valence-electron chi connectivity index (χ3n) is 12.3. The predicted molar refractivity (Wildman–Crippen MR) is 236 cm³/mol. The van der Waals surface area contributed by atoms with Crippen LogP contribution < -0.4 is 0 Å². The lowest BCUT2D eigenvalue weighted by molar-refractivity contribution is 0.660. The Kier molecular flexibility index (Phi) is 7.00. The first-order chi connectivity index (χ1) is 27.0. The van der Waals surface area contributed by atoms with Crippen molar-refractivity contribution < 1.29 is 0 Å². The van der Waals surface area contributed by atoms with E-state index in [4.69, 9.17) is 0 Å². The van der Waals surface area contributed by atoms with E-state index in [1.165, 1.54) is 110 Å². The van der Waals surface area contributed by atoms with Crippen molar-refractivity contribution in [1.29, 1.82) is 0 Å². The van der Waals surface area contributed by atoms with Crippen LogP contribution in [0.3, 0.4) is 0 Å². The van der Waals surface area contributed by atoms with Crippen molar-refractivity contribution in [3.05, 3.63) is 205 Å². The van der Waals surface area contributed by atoms with Gasteiger partial charge in [-0.25, -0.2) is 0 Å². The molecule has 11 rings (SSSR count). The molecule has 0 fully saturated rings. The summed E-state index contributed by atoms with van der Waals surface area (Å²) in [6.07, 6.45) is 0. The third-order valence-corrected chi connectivity index (χ3v) is 12.3. The topological polar surface area (TPSA) is 0 Å². The quantitative estimate of drug-likeness (QED) is 0.161. The van der Waals surface area contributed by atoms with Crippen molar-refractivity contribution in [2.75, 3.05) is 0 Å². The van der Waals surface area contributed by atoms with Crippen molar-refractivity contribution in [3.63, 3.8) is 0 Å². The van der Waals surface area contributed by atoms with Crippen molar-refractivity contribution in [2.45, 2.75) is 19.3 Å². The number of fused-ring (bicyclic) bond motifs is 7. The summed E-state index contributed by atoms with van der Waals surface area (Å²) in [6, 6.07) is 72.4. The molecule has 0 N–H and O–H groups in total. The molecule has 0 radical (unpaired) electrons. The Bertz CT molecular complexity index is 3170. The van der Waals surface area contributed by atoms with Gasteiger partial charge in [-0.3, -0.25) is 0 Å². The molecule has 0 atom stereocenters. The lowest BCUT2D eigenvalue weighted by Gasteiger charge is -2.23. The molecule has 1 aliphatic carbocycles. The van der Waals surface area contributed by atoms with Gasteiger partial charge in [-0.1, -0.05) is 190 Å². The van der Waals surface area contributed by atoms with E-state index < -0.39 is 0 Å². The Morgan fingerprint density at radius 1 is 0.273 bits per heavy atom. The molecule has 0 aromatic heterocycles. The number of hydrogen-bond donors (Lipinski definition) is 0. The number of benzene rings is 10. The molecule has 55 heavy (non-hydrogen) atoms. The summed E-state index contributed by atoms with van der Waals surface area (Å²) in [7, 11) is 0. The summed E-state index contributed by atoms with van der Waals surface area (Å²) in [6.45, 7) is 4.76. The van der Waals surface area contributed by atoms with E-state index in [1.807, 2.05) is 0 Å². The van der Waals surface area contributed by atoms with Gasteiger partial charge in [0.15, 0.2) is 0 Å². The highest BCUT2D eigenvalue weighted by Gasteiger charge is 2.35. The molecule has 0 amide bonds. The predicted octanol–water partition coefficient (Wildman–Crippen LogP) is 15.3. The van der Waals surface area contributed by atoms with Gasteiger partial charge >= 0.3 is 0 Å². The molecule has 0 spiro atoms. The molecule has 0 heteroatoms. The molecule has 0 nitrogen and oxygen atoms in total. The van der Waals surface area contributed by atoms with Crippen molar-refractivity contribution in [1.82, 2.24) is 0 Å². The monoisotopic (exact) mass is 698 g/mol. The van der Waals surface area contributed by atoms with Gasteiger partial charge in [0.25, 0.3) is 0 Å². The molecular weight excluding hydrogens is 661 g/mol. The Morgan fingerprint density at radius 2 is 0.818 bits per heavy atom. The Labute approximate surface area is 322 Å². The van der Waals surface area contributed by atoms with E-state index in [0.29, 0.717) is 0 Å². The van der Waals surface area contributed by atoms with Crippen LogP contribution in [0, 0.1) is 0 Å². The number of hydrogen-bond acceptors (Lipinski definition) is 0. The van der Waals surface area contributed by atoms with Gasteiger partial charge in [-0.05, 0) is 128 Å². The lowest BCUT2D eigenvalue weighted by Crippen LogP contribution is -2.14. The normalized spacial score (nSPS) is 13.1. The SMILES string of the molecule is CC1(C)c2ccccc2-c2ccc(-c3c4ccccc4c(-c4ccccc4-c4ccc5ccccc5c4)c4ccc(-c5cccc6ccccc56)cc34)cc21. The summed E-state index contributed by atoms with van der Waals surface area (Å²) in [5, 5.41) is 10.1. The van der Waals surface area contributed by atoms with Crippen molar-refractivity contribution in [3.8, 4) is 55.6 Å². The third kappa shape index (κ3) is 4.85. The summed E-state index contributed by atoms with van der Waals surface area (Å²) >= 11 is 0. The fourth-order valence-corrected chi connectivity index (χ4v) is 9.59. The summed E-state index contributed by atoms with van der Waals surface area (Å²) in [5.74, 6) is 0. The molecule has 1 aliphatic rings. The van der Waals surface area contributed by atoms with E-state index in [1.54, 1.807) is 0 Å². The fraction of sp³-hybridized carbons (Fsp3) is 0.0545. The highest BCUT2D eigenvalue weighted by molar-refractivity contribution is 6.23. The first-order valence-electron chi connectivity index (χ1n) is 19.3. The van der Waals surface area contributed by atoms with Crippen LogP contribution in [0.5, 0.6) is 0 Å². The maximum atomic E-state index is 2.49. The van der Waals surface area contributed by atoms with E-state index in [9.17, 15) is 0 Å². The average Bonchev–Trinajstić information content (AvgIpc) is 3.47. The zero-order chi connectivity index (χ0) is 36.7. The summed E-state index contributed by atoms with van der Waals surface area (Å²) < 4.78 is 0. The van der Waals surface area contributed by atoms with E-state index in [2.05, 4.69) is 208 Å². The van der Waals surface area contributed by atoms with Crippen LogP contribution in [-0.4, -0.2) is 0 Å². The summed E-state index contributed by atoms with van der Waals surface area (Å²) in [4.78, 5) is 0. The maximum absolute atomic E-state index is 2.49. The second kappa shape index (κ2) is 12.1.